The molecule has 2 unspecified atom stereocenters. The fourth-order valence-corrected chi connectivity index (χ4v) is 5.83. The summed E-state index contributed by atoms with van der Waals surface area (Å²) >= 11 is 1.58. The molecule has 11 heteroatoms. The highest BCUT2D eigenvalue weighted by molar-refractivity contribution is 7.15. The summed E-state index contributed by atoms with van der Waals surface area (Å²) in [5.74, 6) is -3.17. The average Bonchev–Trinajstić information content (AvgIpc) is 3.36. The van der Waals surface area contributed by atoms with Gasteiger partial charge in [0.05, 0.1) is 0 Å². The van der Waals surface area contributed by atoms with Crippen LogP contribution in [0.5, 0.6) is 0 Å². The molecule has 1 fully saturated rings. The molecule has 0 radical (unpaired) electrons. The van der Waals surface area contributed by atoms with E-state index in [-0.39, 0.29) is 5.82 Å². The molecular weight excluding hydrogens is 567 g/mol. The highest BCUT2D eigenvalue weighted by Gasteiger charge is 2.53. The molecule has 9 nitrogen and oxygen atoms in total. The van der Waals surface area contributed by atoms with Gasteiger partial charge in [-0.05, 0) is 53.4 Å². The van der Waals surface area contributed by atoms with Crippen molar-refractivity contribution in [2.45, 2.75) is 71.7 Å². The number of ether oxygens (including phenoxy) is 5. The molecule has 3 aromatic rings. The quantitative estimate of drug-likeness (QED) is 0.255. The standard InChI is InChI=1S/C31H31FO9S/c1-16-6-7-22(14-23(16)15-25-12-13-26(42-25)21-8-10-24(32)11-9-21)27-28(37-17(2)33)29(38-18(3)34)30(39-19(4)35)31(41-27)40-20(5)36/h6-14,27-31H,15H2,1-5H3/t27?,28-,29?,30-,31-/m0/s1. The molecule has 42 heavy (non-hydrogen) atoms. The largest absolute Gasteiger partial charge is 0.455 e. The van der Waals surface area contributed by atoms with Gasteiger partial charge in [-0.2, -0.15) is 0 Å². The maximum atomic E-state index is 13.4. The van der Waals surface area contributed by atoms with Crippen molar-refractivity contribution in [3.05, 3.63) is 82.0 Å². The third-order valence-corrected chi connectivity index (χ3v) is 7.67. The summed E-state index contributed by atoms with van der Waals surface area (Å²) in [4.78, 5) is 50.2. The Hall–Kier alpha value is -4.09. The van der Waals surface area contributed by atoms with Crippen LogP contribution in [0.1, 0.15) is 55.4 Å². The van der Waals surface area contributed by atoms with Gasteiger partial charge in [0, 0.05) is 43.9 Å². The summed E-state index contributed by atoms with van der Waals surface area (Å²) in [5, 5.41) is 0. The first kappa shape index (κ1) is 30.9. The summed E-state index contributed by atoms with van der Waals surface area (Å²) in [7, 11) is 0. The Morgan fingerprint density at radius 2 is 1.36 bits per heavy atom. The molecular formula is C31H31FO9S. The second-order valence-electron chi connectivity index (χ2n) is 9.89. The first-order chi connectivity index (χ1) is 19.9. The molecule has 0 bridgehead atoms. The van der Waals surface area contributed by atoms with Crippen LogP contribution in [0.3, 0.4) is 0 Å². The Morgan fingerprint density at radius 1 is 0.762 bits per heavy atom. The van der Waals surface area contributed by atoms with Crippen molar-refractivity contribution >= 4 is 35.2 Å². The van der Waals surface area contributed by atoms with E-state index < -0.39 is 54.6 Å². The Kier molecular flexibility index (Phi) is 9.74. The third kappa shape index (κ3) is 7.59. The number of benzene rings is 2. The van der Waals surface area contributed by atoms with Gasteiger partial charge in [-0.25, -0.2) is 4.39 Å². The number of hydrogen-bond donors (Lipinski definition) is 0. The van der Waals surface area contributed by atoms with Crippen LogP contribution >= 0.6 is 11.3 Å². The van der Waals surface area contributed by atoms with Crippen molar-refractivity contribution in [1.82, 2.24) is 0 Å². The van der Waals surface area contributed by atoms with Crippen molar-refractivity contribution in [2.75, 3.05) is 0 Å². The van der Waals surface area contributed by atoms with E-state index >= 15 is 0 Å². The lowest BCUT2D eigenvalue weighted by Crippen LogP contribution is -2.59. The minimum atomic E-state index is -1.45. The van der Waals surface area contributed by atoms with Gasteiger partial charge in [-0.15, -0.1) is 11.3 Å². The van der Waals surface area contributed by atoms with Gasteiger partial charge in [0.25, 0.3) is 0 Å². The molecule has 0 saturated carbocycles. The number of hydrogen-bond acceptors (Lipinski definition) is 10. The molecule has 4 rings (SSSR count). The van der Waals surface area contributed by atoms with Gasteiger partial charge in [-0.3, -0.25) is 19.2 Å². The molecule has 0 aliphatic carbocycles. The fraction of sp³-hybridized carbons (Fsp3) is 0.355. The number of carbonyl (C=O) groups is 4. The van der Waals surface area contributed by atoms with Gasteiger partial charge < -0.3 is 23.7 Å². The number of carbonyl (C=O) groups excluding carboxylic acids is 4. The summed E-state index contributed by atoms with van der Waals surface area (Å²) in [6.07, 6.45) is -5.90. The lowest BCUT2D eigenvalue weighted by atomic mass is 9.90. The van der Waals surface area contributed by atoms with Gasteiger partial charge >= 0.3 is 23.9 Å². The van der Waals surface area contributed by atoms with Crippen LogP contribution in [0.2, 0.25) is 0 Å². The number of aryl methyl sites for hydroxylation is 1. The first-order valence-corrected chi connectivity index (χ1v) is 14.0. The zero-order chi connectivity index (χ0) is 30.6. The summed E-state index contributed by atoms with van der Waals surface area (Å²) in [5.41, 5.74) is 3.41. The minimum Gasteiger partial charge on any atom is -0.455 e. The number of esters is 4. The molecule has 1 aliphatic heterocycles. The number of halogens is 1. The van der Waals surface area contributed by atoms with E-state index in [4.69, 9.17) is 23.7 Å². The lowest BCUT2D eigenvalue weighted by molar-refractivity contribution is -0.298. The van der Waals surface area contributed by atoms with E-state index in [0.29, 0.717) is 12.0 Å². The predicted molar refractivity (Wildman–Crippen MR) is 150 cm³/mol. The molecule has 1 aliphatic rings. The Morgan fingerprint density at radius 3 is 1.98 bits per heavy atom. The first-order valence-electron chi connectivity index (χ1n) is 13.2. The predicted octanol–water partition coefficient (Wildman–Crippen LogP) is 5.21. The molecule has 2 heterocycles. The molecule has 0 spiro atoms. The van der Waals surface area contributed by atoms with Crippen LogP contribution < -0.4 is 0 Å². The Balaban J connectivity index is 1.70. The summed E-state index contributed by atoms with van der Waals surface area (Å²) in [6, 6.07) is 15.8. The second-order valence-corrected chi connectivity index (χ2v) is 11.1. The third-order valence-electron chi connectivity index (χ3n) is 6.54. The van der Waals surface area contributed by atoms with Gasteiger partial charge in [0.2, 0.25) is 12.4 Å². The van der Waals surface area contributed by atoms with Crippen LogP contribution in [-0.2, 0) is 49.3 Å². The van der Waals surface area contributed by atoms with E-state index in [1.807, 2.05) is 31.2 Å². The van der Waals surface area contributed by atoms with E-state index in [0.717, 1.165) is 47.2 Å². The second kappa shape index (κ2) is 13.3. The molecule has 222 valence electrons. The lowest BCUT2D eigenvalue weighted by Gasteiger charge is -2.44. The highest BCUT2D eigenvalue weighted by atomic mass is 32.1. The van der Waals surface area contributed by atoms with Crippen LogP contribution in [0.4, 0.5) is 4.39 Å². The molecule has 0 N–H and O–H groups in total. The normalized spacial score (nSPS) is 21.7. The maximum absolute atomic E-state index is 13.4. The number of rotatable bonds is 8. The van der Waals surface area contributed by atoms with Crippen LogP contribution in [0.15, 0.2) is 54.6 Å². The summed E-state index contributed by atoms with van der Waals surface area (Å²) < 4.78 is 41.3. The SMILES string of the molecule is CC(=O)OC1[C@@H](OC(C)=O)C(c2ccc(C)c(Cc3ccc(-c4ccc(F)cc4)s3)c2)O[C@H](OC(C)=O)[C@H]1OC(C)=O. The van der Waals surface area contributed by atoms with Crippen molar-refractivity contribution in [1.29, 1.82) is 0 Å². The Bertz CT molecular complexity index is 1470. The molecule has 2 aromatic carbocycles. The van der Waals surface area contributed by atoms with E-state index in [9.17, 15) is 23.6 Å². The van der Waals surface area contributed by atoms with Crippen molar-refractivity contribution in [2.24, 2.45) is 0 Å². The Labute approximate surface area is 246 Å². The van der Waals surface area contributed by atoms with Crippen LogP contribution in [-0.4, -0.2) is 48.5 Å². The van der Waals surface area contributed by atoms with Crippen molar-refractivity contribution in [3.8, 4) is 10.4 Å². The van der Waals surface area contributed by atoms with Crippen LogP contribution in [0.25, 0.3) is 10.4 Å². The minimum absolute atomic E-state index is 0.300. The average molecular weight is 599 g/mol. The monoisotopic (exact) mass is 598 g/mol. The topological polar surface area (TPSA) is 114 Å². The molecule has 1 saturated heterocycles. The van der Waals surface area contributed by atoms with Crippen molar-refractivity contribution < 1.29 is 47.3 Å². The fourth-order valence-electron chi connectivity index (χ4n) is 4.79. The molecule has 1 aromatic heterocycles. The summed E-state index contributed by atoms with van der Waals surface area (Å²) in [6.45, 7) is 6.61. The smallest absolute Gasteiger partial charge is 0.305 e. The van der Waals surface area contributed by atoms with Gasteiger partial charge in [0.15, 0.2) is 12.2 Å². The van der Waals surface area contributed by atoms with E-state index in [2.05, 4.69) is 0 Å². The zero-order valence-electron chi connectivity index (χ0n) is 23.8. The maximum Gasteiger partial charge on any atom is 0.305 e. The molecule has 0 amide bonds. The van der Waals surface area contributed by atoms with Gasteiger partial charge in [-0.1, -0.05) is 30.3 Å². The van der Waals surface area contributed by atoms with E-state index in [1.165, 1.54) is 19.1 Å². The van der Waals surface area contributed by atoms with Crippen molar-refractivity contribution in [3.63, 3.8) is 0 Å². The van der Waals surface area contributed by atoms with Crippen LogP contribution in [0, 0.1) is 12.7 Å². The highest BCUT2D eigenvalue weighted by Crippen LogP contribution is 2.39. The molecule has 5 atom stereocenters. The zero-order valence-corrected chi connectivity index (χ0v) is 24.6. The van der Waals surface area contributed by atoms with Gasteiger partial charge in [0.1, 0.15) is 11.9 Å². The van der Waals surface area contributed by atoms with E-state index in [1.54, 1.807) is 29.5 Å². The number of thiophene rings is 1.